The van der Waals surface area contributed by atoms with Gasteiger partial charge >= 0.3 is 0 Å². The Bertz CT molecular complexity index is 911. The van der Waals surface area contributed by atoms with E-state index in [9.17, 15) is 18.0 Å². The zero-order valence-electron chi connectivity index (χ0n) is 18.9. The van der Waals surface area contributed by atoms with E-state index < -0.39 is 15.6 Å². The molecule has 31 heavy (non-hydrogen) atoms. The van der Waals surface area contributed by atoms with Gasteiger partial charge in [-0.05, 0) is 44.2 Å². The first kappa shape index (κ1) is 23.7. The van der Waals surface area contributed by atoms with E-state index in [1.54, 1.807) is 18.7 Å². The SMILES string of the molecule is CCCS(=O)(=O)N1CC(=O)N(c2ccccc2CC)[C@@](C)(C(=O)NC2CCCCC2)C1. The molecular weight excluding hydrogens is 414 g/mol. The highest BCUT2D eigenvalue weighted by atomic mass is 32.2. The summed E-state index contributed by atoms with van der Waals surface area (Å²) in [6.07, 6.45) is 6.30. The molecule has 1 aliphatic carbocycles. The fraction of sp³-hybridized carbons (Fsp3) is 0.652. The van der Waals surface area contributed by atoms with Gasteiger partial charge in [0, 0.05) is 18.3 Å². The second kappa shape index (κ2) is 9.69. The molecule has 1 N–H and O–H groups in total. The van der Waals surface area contributed by atoms with Crippen molar-refractivity contribution < 1.29 is 18.0 Å². The van der Waals surface area contributed by atoms with Gasteiger partial charge in [0.15, 0.2) is 0 Å². The number of nitrogens with one attached hydrogen (secondary N) is 1. The molecule has 0 spiro atoms. The molecule has 172 valence electrons. The number of hydrogen-bond donors (Lipinski definition) is 1. The number of nitrogens with zero attached hydrogens (tertiary/aromatic N) is 2. The van der Waals surface area contributed by atoms with E-state index in [2.05, 4.69) is 5.32 Å². The Morgan fingerprint density at radius 1 is 1.16 bits per heavy atom. The average molecular weight is 450 g/mol. The molecule has 8 heteroatoms. The molecule has 1 aromatic rings. The van der Waals surface area contributed by atoms with Crippen LogP contribution in [0.2, 0.25) is 0 Å². The number of rotatable bonds is 7. The molecule has 1 saturated heterocycles. The zero-order chi connectivity index (χ0) is 22.6. The summed E-state index contributed by atoms with van der Waals surface area (Å²) in [6.45, 7) is 5.21. The Morgan fingerprint density at radius 2 is 1.84 bits per heavy atom. The summed E-state index contributed by atoms with van der Waals surface area (Å²) >= 11 is 0. The maximum absolute atomic E-state index is 13.6. The number of carbonyl (C=O) groups is 2. The summed E-state index contributed by atoms with van der Waals surface area (Å²) in [5.41, 5.74) is 0.319. The second-order valence-corrected chi connectivity index (χ2v) is 11.0. The number of benzene rings is 1. The van der Waals surface area contributed by atoms with Crippen LogP contribution in [0.5, 0.6) is 0 Å². The summed E-state index contributed by atoms with van der Waals surface area (Å²) in [6, 6.07) is 7.62. The smallest absolute Gasteiger partial charge is 0.247 e. The Hall–Kier alpha value is -1.93. The third-order valence-corrected chi connectivity index (χ3v) is 8.41. The van der Waals surface area contributed by atoms with Crippen molar-refractivity contribution >= 4 is 27.5 Å². The number of hydrogen-bond acceptors (Lipinski definition) is 4. The Balaban J connectivity index is 2.01. The average Bonchev–Trinajstić information content (AvgIpc) is 2.74. The lowest BCUT2D eigenvalue weighted by atomic mass is 9.90. The lowest BCUT2D eigenvalue weighted by molar-refractivity contribution is -0.133. The van der Waals surface area contributed by atoms with Crippen LogP contribution in [0.1, 0.15) is 64.9 Å². The summed E-state index contributed by atoms with van der Waals surface area (Å²) in [4.78, 5) is 28.5. The van der Waals surface area contributed by atoms with E-state index in [0.29, 0.717) is 18.5 Å². The van der Waals surface area contributed by atoms with E-state index in [1.165, 1.54) is 10.7 Å². The second-order valence-electron chi connectivity index (χ2n) is 8.88. The van der Waals surface area contributed by atoms with Gasteiger partial charge in [0.05, 0.1) is 12.3 Å². The van der Waals surface area contributed by atoms with Gasteiger partial charge in [-0.3, -0.25) is 14.5 Å². The van der Waals surface area contributed by atoms with Crippen LogP contribution in [0.15, 0.2) is 24.3 Å². The number of anilines is 1. The van der Waals surface area contributed by atoms with Gasteiger partial charge in [-0.2, -0.15) is 4.31 Å². The molecule has 0 radical (unpaired) electrons. The normalized spacial score (nSPS) is 23.7. The topological polar surface area (TPSA) is 86.8 Å². The number of sulfonamides is 1. The van der Waals surface area contributed by atoms with Crippen molar-refractivity contribution in [1.82, 2.24) is 9.62 Å². The van der Waals surface area contributed by atoms with Crippen LogP contribution in [-0.2, 0) is 26.0 Å². The van der Waals surface area contributed by atoms with E-state index in [4.69, 9.17) is 0 Å². The van der Waals surface area contributed by atoms with Crippen LogP contribution in [-0.4, -0.2) is 55.0 Å². The predicted molar refractivity (Wildman–Crippen MR) is 122 cm³/mol. The first-order valence-electron chi connectivity index (χ1n) is 11.4. The Morgan fingerprint density at radius 3 is 2.48 bits per heavy atom. The minimum absolute atomic E-state index is 0.0356. The van der Waals surface area contributed by atoms with Crippen molar-refractivity contribution in [3.63, 3.8) is 0 Å². The molecule has 1 aliphatic heterocycles. The van der Waals surface area contributed by atoms with Crippen molar-refractivity contribution in [3.05, 3.63) is 29.8 Å². The Labute approximate surface area is 186 Å². The van der Waals surface area contributed by atoms with Crippen LogP contribution in [0, 0.1) is 0 Å². The molecule has 2 aliphatic rings. The minimum Gasteiger partial charge on any atom is -0.351 e. The first-order valence-corrected chi connectivity index (χ1v) is 13.0. The minimum atomic E-state index is -3.62. The van der Waals surface area contributed by atoms with Gasteiger partial charge in [0.25, 0.3) is 0 Å². The highest BCUT2D eigenvalue weighted by molar-refractivity contribution is 7.89. The molecule has 1 saturated carbocycles. The number of piperazine rings is 1. The standard InChI is InChI=1S/C23H35N3O4S/c1-4-15-31(29,30)25-16-21(27)26(20-14-10-9-11-18(20)5-2)23(3,17-25)22(28)24-19-12-7-6-8-13-19/h9-11,14,19H,4-8,12-13,15-17H2,1-3H3,(H,24,28)/t23-/m1/s1. The van der Waals surface area contributed by atoms with Gasteiger partial charge in [0.2, 0.25) is 21.8 Å². The van der Waals surface area contributed by atoms with E-state index in [-0.39, 0.29) is 36.7 Å². The van der Waals surface area contributed by atoms with E-state index in [0.717, 1.165) is 31.2 Å². The molecule has 7 nitrogen and oxygen atoms in total. The highest BCUT2D eigenvalue weighted by Gasteiger charge is 2.51. The van der Waals surface area contributed by atoms with Gasteiger partial charge in [-0.1, -0.05) is 51.3 Å². The van der Waals surface area contributed by atoms with Crippen molar-refractivity contribution in [2.75, 3.05) is 23.7 Å². The van der Waals surface area contributed by atoms with Gasteiger partial charge in [-0.15, -0.1) is 0 Å². The van der Waals surface area contributed by atoms with E-state index in [1.807, 2.05) is 31.2 Å². The predicted octanol–water partition coefficient (Wildman–Crippen LogP) is 2.85. The molecule has 0 aromatic heterocycles. The van der Waals surface area contributed by atoms with Gasteiger partial charge in [0.1, 0.15) is 5.54 Å². The third kappa shape index (κ3) is 4.95. The van der Waals surface area contributed by atoms with Crippen LogP contribution in [0.4, 0.5) is 5.69 Å². The molecule has 2 fully saturated rings. The van der Waals surface area contributed by atoms with Crippen molar-refractivity contribution in [1.29, 1.82) is 0 Å². The molecule has 0 unspecified atom stereocenters. The summed E-state index contributed by atoms with van der Waals surface area (Å²) in [5, 5.41) is 3.14. The maximum Gasteiger partial charge on any atom is 0.247 e. The lowest BCUT2D eigenvalue weighted by Gasteiger charge is -2.47. The first-order chi connectivity index (χ1) is 14.7. The lowest BCUT2D eigenvalue weighted by Crippen LogP contribution is -2.71. The zero-order valence-corrected chi connectivity index (χ0v) is 19.7. The van der Waals surface area contributed by atoms with Gasteiger partial charge < -0.3 is 5.32 Å². The fourth-order valence-corrected chi connectivity index (χ4v) is 6.27. The summed E-state index contributed by atoms with van der Waals surface area (Å²) in [7, 11) is -3.62. The molecule has 1 atom stereocenters. The maximum atomic E-state index is 13.6. The summed E-state index contributed by atoms with van der Waals surface area (Å²) in [5.74, 6) is -0.685. The molecule has 0 bridgehead atoms. The van der Waals surface area contributed by atoms with Crippen LogP contribution in [0.25, 0.3) is 0 Å². The number of para-hydroxylation sites is 1. The molecule has 2 amide bonds. The van der Waals surface area contributed by atoms with Crippen LogP contribution < -0.4 is 10.2 Å². The van der Waals surface area contributed by atoms with Crippen molar-refractivity contribution in [2.45, 2.75) is 77.3 Å². The fourth-order valence-electron chi connectivity index (χ4n) is 4.74. The van der Waals surface area contributed by atoms with Gasteiger partial charge in [-0.25, -0.2) is 8.42 Å². The number of carbonyl (C=O) groups excluding carboxylic acids is 2. The monoisotopic (exact) mass is 449 g/mol. The Kier molecular flexibility index (Phi) is 7.42. The van der Waals surface area contributed by atoms with Crippen LogP contribution >= 0.6 is 0 Å². The molecule has 3 rings (SSSR count). The number of aryl methyl sites for hydroxylation is 1. The van der Waals surface area contributed by atoms with Crippen molar-refractivity contribution in [3.8, 4) is 0 Å². The number of amides is 2. The molecular formula is C23H35N3O4S. The van der Waals surface area contributed by atoms with Crippen LogP contribution in [0.3, 0.4) is 0 Å². The summed E-state index contributed by atoms with van der Waals surface area (Å²) < 4.78 is 26.8. The largest absolute Gasteiger partial charge is 0.351 e. The molecule has 1 heterocycles. The molecule has 1 aromatic carbocycles. The van der Waals surface area contributed by atoms with Crippen molar-refractivity contribution in [2.24, 2.45) is 0 Å². The van der Waals surface area contributed by atoms with E-state index >= 15 is 0 Å². The highest BCUT2D eigenvalue weighted by Crippen LogP contribution is 2.34. The third-order valence-electron chi connectivity index (χ3n) is 6.44. The quantitative estimate of drug-likeness (QED) is 0.693.